The molecule has 1 aliphatic carbocycles. The molecule has 0 aliphatic heterocycles. The zero-order valence-corrected chi connectivity index (χ0v) is 7.52. The van der Waals surface area contributed by atoms with E-state index >= 15 is 0 Å². The van der Waals surface area contributed by atoms with Crippen molar-refractivity contribution in [2.45, 2.75) is 27.2 Å². The van der Waals surface area contributed by atoms with Crippen LogP contribution in [0.25, 0.3) is 0 Å². The van der Waals surface area contributed by atoms with E-state index in [1.807, 2.05) is 0 Å². The summed E-state index contributed by atoms with van der Waals surface area (Å²) >= 11 is 0. The van der Waals surface area contributed by atoms with Gasteiger partial charge in [0.25, 0.3) is 0 Å². The Morgan fingerprint density at radius 2 is 2.18 bits per heavy atom. The molecule has 0 aromatic heterocycles. The van der Waals surface area contributed by atoms with Crippen molar-refractivity contribution in [3.05, 3.63) is 23.3 Å². The van der Waals surface area contributed by atoms with Crippen LogP contribution in [0.3, 0.4) is 0 Å². The lowest BCUT2D eigenvalue weighted by Gasteiger charge is -2.30. The predicted octanol–water partition coefficient (Wildman–Crippen LogP) is 2.28. The second-order valence-electron chi connectivity index (χ2n) is 3.81. The van der Waals surface area contributed by atoms with Crippen molar-refractivity contribution >= 4 is 0 Å². The van der Waals surface area contributed by atoms with Crippen molar-refractivity contribution in [1.29, 1.82) is 0 Å². The highest BCUT2D eigenvalue weighted by Gasteiger charge is 2.24. The van der Waals surface area contributed by atoms with Crippen molar-refractivity contribution in [2.24, 2.45) is 5.41 Å². The molecule has 0 amide bonds. The smallest absolute Gasteiger partial charge is 0.0652 e. The molecular weight excluding hydrogens is 136 g/mol. The maximum atomic E-state index is 9.11. The first-order valence-corrected chi connectivity index (χ1v) is 4.05. The molecule has 0 bridgehead atoms. The van der Waals surface area contributed by atoms with Crippen LogP contribution in [0.4, 0.5) is 0 Å². The minimum atomic E-state index is 0.160. The Morgan fingerprint density at radius 3 is 2.55 bits per heavy atom. The highest BCUT2D eigenvalue weighted by atomic mass is 16.3. The molecule has 0 heterocycles. The number of rotatable bonds is 1. The van der Waals surface area contributed by atoms with E-state index in [9.17, 15) is 0 Å². The number of aliphatic hydroxyl groups excluding tert-OH is 1. The fraction of sp³-hybridized carbons (Fsp3) is 0.600. The first kappa shape index (κ1) is 8.54. The molecule has 0 fully saturated rings. The number of allylic oxidation sites excluding steroid dienone is 3. The molecular formula is C10H16O. The van der Waals surface area contributed by atoms with Gasteiger partial charge in [0.1, 0.15) is 0 Å². The van der Waals surface area contributed by atoms with Gasteiger partial charge >= 0.3 is 0 Å². The zero-order chi connectivity index (χ0) is 8.48. The van der Waals surface area contributed by atoms with E-state index in [2.05, 4.69) is 32.9 Å². The largest absolute Gasteiger partial charge is 0.392 e. The molecule has 0 saturated heterocycles. The molecule has 62 valence electrons. The topological polar surface area (TPSA) is 20.2 Å². The van der Waals surface area contributed by atoms with E-state index in [0.717, 1.165) is 6.42 Å². The van der Waals surface area contributed by atoms with Crippen molar-refractivity contribution in [3.8, 4) is 0 Å². The summed E-state index contributed by atoms with van der Waals surface area (Å²) in [4.78, 5) is 0. The van der Waals surface area contributed by atoms with Crippen molar-refractivity contribution in [3.63, 3.8) is 0 Å². The summed E-state index contributed by atoms with van der Waals surface area (Å²) in [5, 5.41) is 9.11. The van der Waals surface area contributed by atoms with E-state index in [1.54, 1.807) is 0 Å². The molecule has 1 heteroatoms. The predicted molar refractivity (Wildman–Crippen MR) is 47.3 cm³/mol. The Kier molecular flexibility index (Phi) is 2.19. The Balaban J connectivity index is 3.00. The minimum Gasteiger partial charge on any atom is -0.392 e. The van der Waals surface area contributed by atoms with E-state index < -0.39 is 0 Å². The number of hydrogen-bond acceptors (Lipinski definition) is 1. The Hall–Kier alpha value is -0.560. The van der Waals surface area contributed by atoms with Gasteiger partial charge in [-0.2, -0.15) is 0 Å². The highest BCUT2D eigenvalue weighted by Crippen LogP contribution is 2.35. The number of aliphatic hydroxyl groups is 1. The van der Waals surface area contributed by atoms with E-state index in [4.69, 9.17) is 5.11 Å². The van der Waals surface area contributed by atoms with Crippen molar-refractivity contribution in [1.82, 2.24) is 0 Å². The molecule has 0 aromatic carbocycles. The minimum absolute atomic E-state index is 0.160. The summed E-state index contributed by atoms with van der Waals surface area (Å²) in [5.41, 5.74) is 2.57. The summed E-state index contributed by atoms with van der Waals surface area (Å²) in [7, 11) is 0. The van der Waals surface area contributed by atoms with Gasteiger partial charge in [-0.25, -0.2) is 0 Å². The first-order valence-electron chi connectivity index (χ1n) is 4.05. The summed E-state index contributed by atoms with van der Waals surface area (Å²) in [6.07, 6.45) is 5.31. The van der Waals surface area contributed by atoms with Gasteiger partial charge in [-0.3, -0.25) is 0 Å². The second kappa shape index (κ2) is 2.82. The van der Waals surface area contributed by atoms with Crippen LogP contribution in [0.15, 0.2) is 23.3 Å². The Labute approximate surface area is 68.4 Å². The lowest BCUT2D eigenvalue weighted by molar-refractivity contribution is 0.284. The second-order valence-corrected chi connectivity index (χ2v) is 3.81. The third kappa shape index (κ3) is 1.54. The van der Waals surface area contributed by atoms with Crippen molar-refractivity contribution < 1.29 is 5.11 Å². The summed E-state index contributed by atoms with van der Waals surface area (Å²) in [6, 6.07) is 0. The molecule has 0 radical (unpaired) electrons. The van der Waals surface area contributed by atoms with Gasteiger partial charge in [0.15, 0.2) is 0 Å². The molecule has 0 atom stereocenters. The molecule has 11 heavy (non-hydrogen) atoms. The van der Waals surface area contributed by atoms with Crippen LogP contribution in [-0.4, -0.2) is 11.7 Å². The summed E-state index contributed by atoms with van der Waals surface area (Å²) in [5.74, 6) is 0. The van der Waals surface area contributed by atoms with Crippen LogP contribution in [0.1, 0.15) is 27.2 Å². The van der Waals surface area contributed by atoms with Crippen LogP contribution in [0, 0.1) is 5.41 Å². The average Bonchev–Trinajstić information content (AvgIpc) is 1.86. The van der Waals surface area contributed by atoms with Crippen molar-refractivity contribution in [2.75, 3.05) is 6.61 Å². The van der Waals surface area contributed by atoms with Crippen LogP contribution in [-0.2, 0) is 0 Å². The zero-order valence-electron chi connectivity index (χ0n) is 7.52. The first-order chi connectivity index (χ1) is 5.08. The maximum absolute atomic E-state index is 9.11. The molecule has 1 nitrogen and oxygen atoms in total. The molecule has 0 spiro atoms. The highest BCUT2D eigenvalue weighted by molar-refractivity contribution is 5.32. The van der Waals surface area contributed by atoms with Crippen LogP contribution in [0.2, 0.25) is 0 Å². The lowest BCUT2D eigenvalue weighted by atomic mass is 9.76. The van der Waals surface area contributed by atoms with Gasteiger partial charge in [-0.1, -0.05) is 26.0 Å². The SMILES string of the molecule is CC1=C(CO)C(C)(C)CC=C1. The third-order valence-corrected chi connectivity index (χ3v) is 2.45. The van der Waals surface area contributed by atoms with Gasteiger partial charge in [0.05, 0.1) is 6.61 Å². The standard InChI is InChI=1S/C10H16O/c1-8-5-4-6-10(2,3)9(8)7-11/h4-5,11H,6-7H2,1-3H3. The molecule has 0 unspecified atom stereocenters. The van der Waals surface area contributed by atoms with Gasteiger partial charge < -0.3 is 5.11 Å². The van der Waals surface area contributed by atoms with Gasteiger partial charge in [0.2, 0.25) is 0 Å². The summed E-state index contributed by atoms with van der Waals surface area (Å²) in [6.45, 7) is 6.60. The lowest BCUT2D eigenvalue weighted by Crippen LogP contribution is -2.20. The summed E-state index contributed by atoms with van der Waals surface area (Å²) < 4.78 is 0. The fourth-order valence-corrected chi connectivity index (χ4v) is 1.63. The molecule has 0 saturated carbocycles. The van der Waals surface area contributed by atoms with Crippen LogP contribution in [0.5, 0.6) is 0 Å². The van der Waals surface area contributed by atoms with E-state index in [0.29, 0.717) is 0 Å². The Morgan fingerprint density at radius 1 is 1.55 bits per heavy atom. The maximum Gasteiger partial charge on any atom is 0.0652 e. The Bertz CT molecular complexity index is 209. The monoisotopic (exact) mass is 152 g/mol. The van der Waals surface area contributed by atoms with Crippen LogP contribution < -0.4 is 0 Å². The van der Waals surface area contributed by atoms with Gasteiger partial charge in [-0.15, -0.1) is 0 Å². The molecule has 1 aliphatic rings. The van der Waals surface area contributed by atoms with Crippen LogP contribution >= 0.6 is 0 Å². The normalized spacial score (nSPS) is 22.5. The van der Waals surface area contributed by atoms with Gasteiger partial charge in [0, 0.05) is 0 Å². The van der Waals surface area contributed by atoms with E-state index in [-0.39, 0.29) is 12.0 Å². The quantitative estimate of drug-likeness (QED) is 0.611. The fourth-order valence-electron chi connectivity index (χ4n) is 1.63. The average molecular weight is 152 g/mol. The van der Waals surface area contributed by atoms with E-state index in [1.165, 1.54) is 11.1 Å². The molecule has 1 N–H and O–H groups in total. The van der Waals surface area contributed by atoms with Gasteiger partial charge in [-0.05, 0) is 29.9 Å². The third-order valence-electron chi connectivity index (χ3n) is 2.45. The number of hydrogen-bond donors (Lipinski definition) is 1. The molecule has 1 rings (SSSR count). The molecule has 0 aromatic rings.